The molecule has 32 heavy (non-hydrogen) atoms. The number of rotatable bonds is 4. The SMILES string of the molecule is O=C(Nc1cccc2ccccc12)OC1COC2C(NC(=S)Nc3ccccc3)COC12. The quantitative estimate of drug-likeness (QED) is 0.521. The van der Waals surface area contributed by atoms with E-state index in [1.807, 2.05) is 72.8 Å². The number of hydrogen-bond donors (Lipinski definition) is 3. The molecule has 1 amide bonds. The molecule has 2 fully saturated rings. The summed E-state index contributed by atoms with van der Waals surface area (Å²) in [4.78, 5) is 12.6. The van der Waals surface area contributed by atoms with Gasteiger partial charge in [0, 0.05) is 11.1 Å². The van der Waals surface area contributed by atoms with Crippen LogP contribution in [0, 0.1) is 0 Å². The predicted molar refractivity (Wildman–Crippen MR) is 127 cm³/mol. The molecule has 5 rings (SSSR count). The summed E-state index contributed by atoms with van der Waals surface area (Å²) in [6.45, 7) is 0.687. The molecule has 2 aliphatic heterocycles. The van der Waals surface area contributed by atoms with Crippen molar-refractivity contribution in [1.82, 2.24) is 5.32 Å². The molecule has 2 saturated heterocycles. The molecule has 0 bridgehead atoms. The third-order valence-electron chi connectivity index (χ3n) is 5.64. The number of anilines is 2. The van der Waals surface area contributed by atoms with Crippen LogP contribution in [0.15, 0.2) is 72.8 Å². The van der Waals surface area contributed by atoms with E-state index in [4.69, 9.17) is 26.4 Å². The van der Waals surface area contributed by atoms with Crippen molar-refractivity contribution in [2.75, 3.05) is 23.8 Å². The lowest BCUT2D eigenvalue weighted by Crippen LogP contribution is -2.46. The first-order valence-electron chi connectivity index (χ1n) is 10.5. The van der Waals surface area contributed by atoms with Crippen LogP contribution in [0.25, 0.3) is 10.8 Å². The van der Waals surface area contributed by atoms with Crippen molar-refractivity contribution in [2.24, 2.45) is 0 Å². The summed E-state index contributed by atoms with van der Waals surface area (Å²) < 4.78 is 17.4. The van der Waals surface area contributed by atoms with Gasteiger partial charge < -0.3 is 24.8 Å². The fraction of sp³-hybridized carbons (Fsp3) is 0.250. The molecule has 4 unspecified atom stereocenters. The van der Waals surface area contributed by atoms with Crippen LogP contribution in [0.5, 0.6) is 0 Å². The lowest BCUT2D eigenvalue weighted by Gasteiger charge is -2.20. The van der Waals surface area contributed by atoms with Gasteiger partial charge >= 0.3 is 6.09 Å². The Morgan fingerprint density at radius 2 is 1.62 bits per heavy atom. The largest absolute Gasteiger partial charge is 0.441 e. The van der Waals surface area contributed by atoms with Crippen molar-refractivity contribution >= 4 is 45.6 Å². The molecule has 7 nitrogen and oxygen atoms in total. The Hall–Kier alpha value is -3.20. The minimum atomic E-state index is -0.531. The highest BCUT2D eigenvalue weighted by Crippen LogP contribution is 2.30. The zero-order valence-electron chi connectivity index (χ0n) is 17.2. The standard InChI is InChI=1S/C24H23N3O4S/c28-24(27-18-12-6-8-15-7-4-5-11-17(15)18)31-20-14-30-21-19(13-29-22(20)21)26-23(32)25-16-9-2-1-3-10-16/h1-12,19-22H,13-14H2,(H,27,28)(H2,25,26,32). The van der Waals surface area contributed by atoms with E-state index in [1.165, 1.54) is 0 Å². The highest BCUT2D eigenvalue weighted by atomic mass is 32.1. The van der Waals surface area contributed by atoms with Crippen LogP contribution in [-0.4, -0.2) is 48.8 Å². The average Bonchev–Trinajstić information content (AvgIpc) is 3.38. The van der Waals surface area contributed by atoms with Gasteiger partial charge in [0.2, 0.25) is 0 Å². The van der Waals surface area contributed by atoms with Crippen molar-refractivity contribution in [3.8, 4) is 0 Å². The molecule has 3 N–H and O–H groups in total. The average molecular weight is 450 g/mol. The predicted octanol–water partition coefficient (Wildman–Crippen LogP) is 3.91. The van der Waals surface area contributed by atoms with E-state index in [9.17, 15) is 4.79 Å². The van der Waals surface area contributed by atoms with Crippen molar-refractivity contribution in [3.63, 3.8) is 0 Å². The van der Waals surface area contributed by atoms with E-state index in [2.05, 4.69) is 16.0 Å². The van der Waals surface area contributed by atoms with E-state index in [0.29, 0.717) is 17.4 Å². The lowest BCUT2D eigenvalue weighted by atomic mass is 10.1. The van der Waals surface area contributed by atoms with Gasteiger partial charge in [-0.05, 0) is 35.8 Å². The number of para-hydroxylation sites is 1. The zero-order valence-corrected chi connectivity index (χ0v) is 18.0. The molecular weight excluding hydrogens is 426 g/mol. The molecule has 0 aliphatic carbocycles. The van der Waals surface area contributed by atoms with Crippen LogP contribution in [0.3, 0.4) is 0 Å². The lowest BCUT2D eigenvalue weighted by molar-refractivity contribution is 0.00881. The van der Waals surface area contributed by atoms with E-state index >= 15 is 0 Å². The van der Waals surface area contributed by atoms with Gasteiger partial charge in [0.05, 0.1) is 24.9 Å². The fourth-order valence-corrected chi connectivity index (χ4v) is 4.43. The van der Waals surface area contributed by atoms with Crippen molar-refractivity contribution in [1.29, 1.82) is 0 Å². The van der Waals surface area contributed by atoms with Crippen molar-refractivity contribution < 1.29 is 19.0 Å². The Morgan fingerprint density at radius 1 is 0.875 bits per heavy atom. The normalized spacial score (nSPS) is 24.0. The smallest absolute Gasteiger partial charge is 0.412 e. The molecule has 0 spiro atoms. The van der Waals surface area contributed by atoms with Gasteiger partial charge in [-0.3, -0.25) is 5.32 Å². The van der Waals surface area contributed by atoms with E-state index < -0.39 is 12.2 Å². The maximum absolute atomic E-state index is 12.6. The number of ether oxygens (including phenoxy) is 3. The second-order valence-electron chi connectivity index (χ2n) is 7.76. The van der Waals surface area contributed by atoms with Crippen LogP contribution in [0.1, 0.15) is 0 Å². The summed E-state index contributed by atoms with van der Waals surface area (Å²) in [5, 5.41) is 11.7. The van der Waals surface area contributed by atoms with Gasteiger partial charge in [-0.2, -0.15) is 0 Å². The molecule has 8 heteroatoms. The fourth-order valence-electron chi connectivity index (χ4n) is 4.16. The minimum Gasteiger partial charge on any atom is -0.441 e. The number of thiocarbonyl (C=S) groups is 1. The third kappa shape index (κ3) is 4.38. The highest BCUT2D eigenvalue weighted by molar-refractivity contribution is 7.80. The number of carbonyl (C=O) groups excluding carboxylic acids is 1. The molecular formula is C24H23N3O4S. The van der Waals surface area contributed by atoms with E-state index in [0.717, 1.165) is 16.5 Å². The maximum Gasteiger partial charge on any atom is 0.412 e. The zero-order chi connectivity index (χ0) is 21.9. The number of nitrogens with one attached hydrogen (secondary N) is 3. The number of carbonyl (C=O) groups is 1. The van der Waals surface area contributed by atoms with Crippen molar-refractivity contribution in [2.45, 2.75) is 24.4 Å². The Bertz CT molecular complexity index is 1120. The molecule has 2 heterocycles. The van der Waals surface area contributed by atoms with Gasteiger partial charge in [0.1, 0.15) is 12.2 Å². The van der Waals surface area contributed by atoms with Gasteiger partial charge in [-0.15, -0.1) is 0 Å². The summed E-state index contributed by atoms with van der Waals surface area (Å²) in [5.41, 5.74) is 1.60. The summed E-state index contributed by atoms with van der Waals surface area (Å²) in [7, 11) is 0. The number of amides is 1. The van der Waals surface area contributed by atoms with E-state index in [1.54, 1.807) is 0 Å². The van der Waals surface area contributed by atoms with Gasteiger partial charge in [-0.1, -0.05) is 54.6 Å². The summed E-state index contributed by atoms with van der Waals surface area (Å²) in [5.74, 6) is 0. The molecule has 164 valence electrons. The molecule has 0 radical (unpaired) electrons. The summed E-state index contributed by atoms with van der Waals surface area (Å²) in [6, 6.07) is 23.2. The van der Waals surface area contributed by atoms with Crippen LogP contribution in [0.4, 0.5) is 16.2 Å². The van der Waals surface area contributed by atoms with Crippen LogP contribution >= 0.6 is 12.2 Å². The first-order chi connectivity index (χ1) is 15.7. The molecule has 4 atom stereocenters. The second-order valence-corrected chi connectivity index (χ2v) is 8.17. The van der Waals surface area contributed by atoms with Gasteiger partial charge in [-0.25, -0.2) is 4.79 Å². The second kappa shape index (κ2) is 9.12. The molecule has 3 aromatic carbocycles. The highest BCUT2D eigenvalue weighted by Gasteiger charge is 2.49. The van der Waals surface area contributed by atoms with Gasteiger partial charge in [0.25, 0.3) is 0 Å². The Kier molecular flexibility index (Phi) is 5.89. The van der Waals surface area contributed by atoms with Crippen LogP contribution in [-0.2, 0) is 14.2 Å². The van der Waals surface area contributed by atoms with E-state index in [-0.39, 0.29) is 24.9 Å². The third-order valence-corrected chi connectivity index (χ3v) is 5.86. The Labute approximate surface area is 191 Å². The van der Waals surface area contributed by atoms with Gasteiger partial charge in [0.15, 0.2) is 11.2 Å². The molecule has 3 aromatic rings. The number of fused-ring (bicyclic) bond motifs is 2. The molecule has 0 saturated carbocycles. The topological polar surface area (TPSA) is 80.9 Å². The maximum atomic E-state index is 12.6. The van der Waals surface area contributed by atoms with Crippen molar-refractivity contribution in [3.05, 3.63) is 72.8 Å². The Morgan fingerprint density at radius 3 is 2.50 bits per heavy atom. The monoisotopic (exact) mass is 449 g/mol. The minimum absolute atomic E-state index is 0.126. The summed E-state index contributed by atoms with van der Waals surface area (Å²) >= 11 is 5.41. The first-order valence-corrected chi connectivity index (χ1v) is 10.9. The summed E-state index contributed by atoms with van der Waals surface area (Å²) in [6.07, 6.45) is -1.61. The van der Waals surface area contributed by atoms with Crippen LogP contribution in [0.2, 0.25) is 0 Å². The first kappa shape index (κ1) is 20.7. The molecule has 0 aromatic heterocycles. The Balaban J connectivity index is 1.17. The van der Waals surface area contributed by atoms with Crippen LogP contribution < -0.4 is 16.0 Å². The number of benzene rings is 3. The molecule has 2 aliphatic rings. The number of hydrogen-bond acceptors (Lipinski definition) is 5.